The maximum atomic E-state index is 11.2. The molecule has 5 heteroatoms. The number of hydrogen-bond donors (Lipinski definition) is 1. The van der Waals surface area contributed by atoms with Crippen molar-refractivity contribution < 1.29 is 13.2 Å². The first-order chi connectivity index (χ1) is 8.03. The summed E-state index contributed by atoms with van der Waals surface area (Å²) in [4.78, 5) is 0. The van der Waals surface area contributed by atoms with Crippen molar-refractivity contribution in [2.45, 2.75) is 38.6 Å². The number of ether oxygens (including phenoxy) is 1. The summed E-state index contributed by atoms with van der Waals surface area (Å²) in [7, 11) is -2.86. The molecule has 0 saturated carbocycles. The van der Waals surface area contributed by atoms with Crippen molar-refractivity contribution in [2.24, 2.45) is 5.92 Å². The zero-order valence-electron chi connectivity index (χ0n) is 10.9. The first-order valence-corrected chi connectivity index (χ1v) is 8.58. The second kappa shape index (κ2) is 7.34. The monoisotopic (exact) mass is 263 g/mol. The molecule has 102 valence electrons. The van der Waals surface area contributed by atoms with E-state index in [1.807, 2.05) is 0 Å². The molecular formula is C12H25NO3S. The molecule has 17 heavy (non-hydrogen) atoms. The lowest BCUT2D eigenvalue weighted by atomic mass is 9.92. The quantitative estimate of drug-likeness (QED) is 0.750. The molecule has 0 spiro atoms. The minimum atomic E-state index is -2.86. The number of hydrogen-bond acceptors (Lipinski definition) is 4. The first kappa shape index (κ1) is 14.9. The minimum Gasteiger partial charge on any atom is -0.381 e. The maximum absolute atomic E-state index is 11.2. The van der Waals surface area contributed by atoms with E-state index in [-0.39, 0.29) is 11.8 Å². The van der Waals surface area contributed by atoms with E-state index in [1.165, 1.54) is 6.26 Å². The Hall–Kier alpha value is -0.130. The van der Waals surface area contributed by atoms with Gasteiger partial charge in [-0.1, -0.05) is 6.92 Å². The second-order valence-corrected chi connectivity index (χ2v) is 7.22. The Balaban J connectivity index is 2.46. The van der Waals surface area contributed by atoms with E-state index in [1.54, 1.807) is 0 Å². The van der Waals surface area contributed by atoms with E-state index < -0.39 is 9.84 Å². The Morgan fingerprint density at radius 1 is 1.47 bits per heavy atom. The second-order valence-electron chi connectivity index (χ2n) is 4.96. The average Bonchev–Trinajstić information content (AvgIpc) is 2.29. The average molecular weight is 263 g/mol. The van der Waals surface area contributed by atoms with Gasteiger partial charge in [0.15, 0.2) is 0 Å². The van der Waals surface area contributed by atoms with Gasteiger partial charge in [-0.05, 0) is 38.1 Å². The number of nitrogens with one attached hydrogen (secondary N) is 1. The first-order valence-electron chi connectivity index (χ1n) is 6.52. The predicted octanol–water partition coefficient (Wildman–Crippen LogP) is 1.22. The largest absolute Gasteiger partial charge is 0.381 e. The van der Waals surface area contributed by atoms with Crippen molar-refractivity contribution in [1.82, 2.24) is 5.32 Å². The van der Waals surface area contributed by atoms with Gasteiger partial charge in [-0.2, -0.15) is 0 Å². The maximum Gasteiger partial charge on any atom is 0.147 e. The summed E-state index contributed by atoms with van der Waals surface area (Å²) in [6.07, 6.45) is 5.32. The van der Waals surface area contributed by atoms with Gasteiger partial charge in [0, 0.05) is 18.9 Å². The summed E-state index contributed by atoms with van der Waals surface area (Å²) in [6, 6.07) is 0.282. The van der Waals surface area contributed by atoms with Crippen LogP contribution >= 0.6 is 0 Å². The third-order valence-electron chi connectivity index (χ3n) is 3.22. The molecule has 0 aromatic heterocycles. The van der Waals surface area contributed by atoms with Crippen molar-refractivity contribution in [1.29, 1.82) is 0 Å². The van der Waals surface area contributed by atoms with Gasteiger partial charge in [0.1, 0.15) is 9.84 Å². The fourth-order valence-electron chi connectivity index (χ4n) is 2.26. The fraction of sp³-hybridized carbons (Fsp3) is 1.00. The lowest BCUT2D eigenvalue weighted by molar-refractivity contribution is 0.0388. The molecule has 2 atom stereocenters. The molecule has 2 unspecified atom stereocenters. The molecule has 0 radical (unpaired) electrons. The van der Waals surface area contributed by atoms with Crippen LogP contribution in [0.15, 0.2) is 0 Å². The van der Waals surface area contributed by atoms with Crippen molar-refractivity contribution in [3.05, 3.63) is 0 Å². The molecule has 1 fully saturated rings. The van der Waals surface area contributed by atoms with Gasteiger partial charge in [0.2, 0.25) is 0 Å². The Labute approximate surface area is 105 Å². The topological polar surface area (TPSA) is 55.4 Å². The summed E-state index contributed by atoms with van der Waals surface area (Å²) in [6.45, 7) is 4.69. The smallest absolute Gasteiger partial charge is 0.147 e. The Morgan fingerprint density at radius 2 is 2.24 bits per heavy atom. The molecule has 0 aromatic rings. The Morgan fingerprint density at radius 3 is 2.76 bits per heavy atom. The van der Waals surface area contributed by atoms with Gasteiger partial charge >= 0.3 is 0 Å². The zero-order chi connectivity index (χ0) is 12.7. The third-order valence-corrected chi connectivity index (χ3v) is 4.20. The summed E-state index contributed by atoms with van der Waals surface area (Å²) in [5, 5.41) is 3.47. The minimum absolute atomic E-state index is 0.269. The molecule has 0 amide bonds. The van der Waals surface area contributed by atoms with Crippen LogP contribution in [0.25, 0.3) is 0 Å². The Kier molecular flexibility index (Phi) is 6.44. The Bertz CT molecular complexity index is 297. The van der Waals surface area contributed by atoms with Crippen LogP contribution in [0, 0.1) is 5.92 Å². The van der Waals surface area contributed by atoms with Crippen LogP contribution in [-0.4, -0.2) is 46.2 Å². The third kappa shape index (κ3) is 6.38. The molecule has 1 aliphatic rings. The SMILES string of the molecule is CCCNC(CCS(C)(=O)=O)C1CCCOC1. The standard InChI is InChI=1S/C12H25NO3S/c1-3-7-13-12(6-9-17(2,14)15)11-5-4-8-16-10-11/h11-13H,3-10H2,1-2H3. The summed E-state index contributed by atoms with van der Waals surface area (Å²) >= 11 is 0. The lowest BCUT2D eigenvalue weighted by Gasteiger charge is -2.31. The van der Waals surface area contributed by atoms with E-state index in [4.69, 9.17) is 4.74 Å². The molecule has 1 aliphatic heterocycles. The van der Waals surface area contributed by atoms with Crippen LogP contribution in [0.5, 0.6) is 0 Å². The van der Waals surface area contributed by atoms with Gasteiger partial charge in [0.25, 0.3) is 0 Å². The highest BCUT2D eigenvalue weighted by Gasteiger charge is 2.24. The molecule has 0 bridgehead atoms. The molecule has 0 aliphatic carbocycles. The van der Waals surface area contributed by atoms with E-state index in [2.05, 4.69) is 12.2 Å². The van der Waals surface area contributed by atoms with Crippen molar-refractivity contribution >= 4 is 9.84 Å². The highest BCUT2D eigenvalue weighted by atomic mass is 32.2. The molecule has 4 nitrogen and oxygen atoms in total. The summed E-state index contributed by atoms with van der Waals surface area (Å²) in [5.41, 5.74) is 0. The van der Waals surface area contributed by atoms with E-state index in [9.17, 15) is 8.42 Å². The number of rotatable bonds is 7. The summed E-state index contributed by atoms with van der Waals surface area (Å²) < 4.78 is 28.0. The van der Waals surface area contributed by atoms with Gasteiger partial charge in [-0.15, -0.1) is 0 Å². The highest BCUT2D eigenvalue weighted by Crippen LogP contribution is 2.20. The molecule has 1 rings (SSSR count). The molecule has 1 heterocycles. The predicted molar refractivity (Wildman–Crippen MR) is 70.0 cm³/mol. The lowest BCUT2D eigenvalue weighted by Crippen LogP contribution is -2.41. The van der Waals surface area contributed by atoms with Gasteiger partial charge in [0.05, 0.1) is 12.4 Å². The summed E-state index contributed by atoms with van der Waals surface area (Å²) in [5.74, 6) is 0.738. The van der Waals surface area contributed by atoms with Crippen LogP contribution < -0.4 is 5.32 Å². The molecular weight excluding hydrogens is 238 g/mol. The van der Waals surface area contributed by atoms with Gasteiger partial charge in [-0.25, -0.2) is 8.42 Å². The van der Waals surface area contributed by atoms with Crippen LogP contribution in [0.1, 0.15) is 32.6 Å². The van der Waals surface area contributed by atoms with Crippen molar-refractivity contribution in [3.63, 3.8) is 0 Å². The fourth-order valence-corrected chi connectivity index (χ4v) is 2.94. The molecule has 1 saturated heterocycles. The van der Waals surface area contributed by atoms with Crippen LogP contribution in [0.3, 0.4) is 0 Å². The van der Waals surface area contributed by atoms with E-state index >= 15 is 0 Å². The zero-order valence-corrected chi connectivity index (χ0v) is 11.8. The normalized spacial score (nSPS) is 23.5. The number of sulfone groups is 1. The van der Waals surface area contributed by atoms with Crippen LogP contribution in [0.2, 0.25) is 0 Å². The van der Waals surface area contributed by atoms with Gasteiger partial charge in [-0.3, -0.25) is 0 Å². The van der Waals surface area contributed by atoms with Crippen molar-refractivity contribution in [2.75, 3.05) is 31.8 Å². The van der Waals surface area contributed by atoms with E-state index in [0.717, 1.165) is 39.0 Å². The van der Waals surface area contributed by atoms with Crippen LogP contribution in [0.4, 0.5) is 0 Å². The molecule has 0 aromatic carbocycles. The van der Waals surface area contributed by atoms with Crippen molar-refractivity contribution in [3.8, 4) is 0 Å². The highest BCUT2D eigenvalue weighted by molar-refractivity contribution is 7.90. The van der Waals surface area contributed by atoms with Crippen LogP contribution in [-0.2, 0) is 14.6 Å². The molecule has 1 N–H and O–H groups in total. The van der Waals surface area contributed by atoms with Gasteiger partial charge < -0.3 is 10.1 Å². The van der Waals surface area contributed by atoms with E-state index in [0.29, 0.717) is 12.3 Å².